The normalized spacial score (nSPS) is 18.6. The Morgan fingerprint density at radius 2 is 2.15 bits per heavy atom. The molecule has 0 spiro atoms. The van der Waals surface area contributed by atoms with E-state index in [1.165, 1.54) is 6.07 Å². The maximum Gasteiger partial charge on any atom is 0.165 e. The van der Waals surface area contributed by atoms with Crippen LogP contribution in [-0.4, -0.2) is 10.6 Å². The lowest BCUT2D eigenvalue weighted by Gasteiger charge is -2.09. The lowest BCUT2D eigenvalue weighted by atomic mass is 10.0. The van der Waals surface area contributed by atoms with Gasteiger partial charge in [-0.05, 0) is 30.9 Å². The van der Waals surface area contributed by atoms with Gasteiger partial charge in [-0.3, -0.25) is 0 Å². The third-order valence-corrected chi connectivity index (χ3v) is 2.51. The van der Waals surface area contributed by atoms with Crippen LogP contribution < -0.4 is 5.73 Å². The molecule has 0 saturated heterocycles. The Kier molecular flexibility index (Phi) is 1.77. The van der Waals surface area contributed by atoms with Crippen molar-refractivity contribution >= 4 is 0 Å². The summed E-state index contributed by atoms with van der Waals surface area (Å²) in [5.41, 5.74) is 6.29. The second-order valence-corrected chi connectivity index (χ2v) is 3.79. The van der Waals surface area contributed by atoms with Crippen molar-refractivity contribution in [2.45, 2.75) is 24.8 Å². The van der Waals surface area contributed by atoms with Crippen LogP contribution in [0.15, 0.2) is 18.2 Å². The van der Waals surface area contributed by atoms with Crippen molar-refractivity contribution in [1.29, 1.82) is 0 Å². The van der Waals surface area contributed by atoms with Gasteiger partial charge < -0.3 is 10.8 Å². The van der Waals surface area contributed by atoms with Gasteiger partial charge in [-0.15, -0.1) is 0 Å². The molecule has 13 heavy (non-hydrogen) atoms. The molecule has 3 heteroatoms. The van der Waals surface area contributed by atoms with Gasteiger partial charge in [0.1, 0.15) is 0 Å². The van der Waals surface area contributed by atoms with Crippen molar-refractivity contribution in [3.05, 3.63) is 29.6 Å². The summed E-state index contributed by atoms with van der Waals surface area (Å²) >= 11 is 0. The molecule has 0 unspecified atom stereocenters. The van der Waals surface area contributed by atoms with Crippen molar-refractivity contribution in [3.63, 3.8) is 0 Å². The van der Waals surface area contributed by atoms with E-state index < -0.39 is 5.82 Å². The number of phenols is 1. The maximum atomic E-state index is 12.9. The third kappa shape index (κ3) is 1.65. The van der Waals surface area contributed by atoms with E-state index in [0.717, 1.165) is 12.8 Å². The van der Waals surface area contributed by atoms with Crippen LogP contribution in [0.2, 0.25) is 0 Å². The van der Waals surface area contributed by atoms with E-state index in [2.05, 4.69) is 0 Å². The Morgan fingerprint density at radius 1 is 1.46 bits per heavy atom. The molecular formula is C10H12FNO. The van der Waals surface area contributed by atoms with Crippen molar-refractivity contribution in [1.82, 2.24) is 0 Å². The molecule has 1 aliphatic rings. The number of hydrogen-bond donors (Lipinski definition) is 2. The molecule has 0 amide bonds. The van der Waals surface area contributed by atoms with Crippen LogP contribution in [0.5, 0.6) is 5.75 Å². The van der Waals surface area contributed by atoms with Gasteiger partial charge in [0.05, 0.1) is 0 Å². The van der Waals surface area contributed by atoms with E-state index in [-0.39, 0.29) is 11.3 Å². The molecular weight excluding hydrogens is 169 g/mol. The molecule has 1 aromatic carbocycles. The summed E-state index contributed by atoms with van der Waals surface area (Å²) < 4.78 is 12.9. The highest BCUT2D eigenvalue weighted by atomic mass is 19.1. The molecule has 1 aliphatic carbocycles. The zero-order valence-corrected chi connectivity index (χ0v) is 7.26. The van der Waals surface area contributed by atoms with Crippen molar-refractivity contribution in [2.24, 2.45) is 5.73 Å². The minimum absolute atomic E-state index is 0.189. The quantitative estimate of drug-likeness (QED) is 0.727. The van der Waals surface area contributed by atoms with Crippen LogP contribution in [0.1, 0.15) is 18.4 Å². The molecule has 0 aliphatic heterocycles. The van der Waals surface area contributed by atoms with Crippen LogP contribution >= 0.6 is 0 Å². The standard InChI is InChI=1S/C10H12FNO/c11-8-3-1-2-7(9(8)13)6-10(12)4-5-10/h1-3,13H,4-6,12H2. The number of benzene rings is 1. The van der Waals surface area contributed by atoms with Crippen LogP contribution in [0, 0.1) is 5.82 Å². The minimum atomic E-state index is -0.568. The second-order valence-electron chi connectivity index (χ2n) is 3.79. The van der Waals surface area contributed by atoms with Crippen LogP contribution in [-0.2, 0) is 6.42 Å². The van der Waals surface area contributed by atoms with Gasteiger partial charge in [0.2, 0.25) is 0 Å². The molecule has 0 aromatic heterocycles. The summed E-state index contributed by atoms with van der Waals surface area (Å²) in [5, 5.41) is 9.36. The molecule has 1 fully saturated rings. The minimum Gasteiger partial charge on any atom is -0.505 e. The summed E-state index contributed by atoms with van der Waals surface area (Å²) in [5.74, 6) is -0.819. The molecule has 1 saturated carbocycles. The highest BCUT2D eigenvalue weighted by Gasteiger charge is 2.38. The van der Waals surface area contributed by atoms with E-state index in [0.29, 0.717) is 12.0 Å². The molecule has 2 nitrogen and oxygen atoms in total. The number of rotatable bonds is 2. The highest BCUT2D eigenvalue weighted by Crippen LogP contribution is 2.37. The van der Waals surface area contributed by atoms with Gasteiger partial charge in [-0.25, -0.2) is 4.39 Å². The zero-order valence-electron chi connectivity index (χ0n) is 7.26. The maximum absolute atomic E-state index is 12.9. The number of phenolic OH excluding ortho intramolecular Hbond substituents is 1. The summed E-state index contributed by atoms with van der Waals surface area (Å²) in [6.07, 6.45) is 2.49. The average Bonchev–Trinajstić information content (AvgIpc) is 2.78. The lowest BCUT2D eigenvalue weighted by molar-refractivity contribution is 0.422. The first-order chi connectivity index (χ1) is 6.11. The van der Waals surface area contributed by atoms with E-state index >= 15 is 0 Å². The van der Waals surface area contributed by atoms with Crippen LogP contribution in [0.25, 0.3) is 0 Å². The fourth-order valence-electron chi connectivity index (χ4n) is 1.42. The predicted octanol–water partition coefficient (Wildman–Crippen LogP) is 1.57. The van der Waals surface area contributed by atoms with E-state index in [1.54, 1.807) is 12.1 Å². The first-order valence-electron chi connectivity index (χ1n) is 4.36. The van der Waals surface area contributed by atoms with Crippen LogP contribution in [0.4, 0.5) is 4.39 Å². The van der Waals surface area contributed by atoms with Gasteiger partial charge in [0, 0.05) is 5.54 Å². The average molecular weight is 181 g/mol. The molecule has 0 radical (unpaired) electrons. The highest BCUT2D eigenvalue weighted by molar-refractivity contribution is 5.35. The summed E-state index contributed by atoms with van der Waals surface area (Å²) in [6, 6.07) is 4.55. The molecule has 2 rings (SSSR count). The lowest BCUT2D eigenvalue weighted by Crippen LogP contribution is -2.24. The molecule has 70 valence electrons. The number of halogens is 1. The molecule has 0 atom stereocenters. The van der Waals surface area contributed by atoms with E-state index in [4.69, 9.17) is 5.73 Å². The molecule has 0 bridgehead atoms. The zero-order chi connectivity index (χ0) is 9.47. The Morgan fingerprint density at radius 3 is 2.77 bits per heavy atom. The second kappa shape index (κ2) is 2.70. The third-order valence-electron chi connectivity index (χ3n) is 2.51. The molecule has 0 heterocycles. The summed E-state index contributed by atoms with van der Waals surface area (Å²) in [7, 11) is 0. The Labute approximate surface area is 76.2 Å². The van der Waals surface area contributed by atoms with Crippen molar-refractivity contribution in [3.8, 4) is 5.75 Å². The van der Waals surface area contributed by atoms with Gasteiger partial charge in [-0.1, -0.05) is 12.1 Å². The SMILES string of the molecule is NC1(Cc2cccc(F)c2O)CC1. The number of para-hydroxylation sites is 1. The molecule has 3 N–H and O–H groups in total. The van der Waals surface area contributed by atoms with Crippen molar-refractivity contribution < 1.29 is 9.50 Å². The summed E-state index contributed by atoms with van der Waals surface area (Å²) in [4.78, 5) is 0. The van der Waals surface area contributed by atoms with E-state index in [9.17, 15) is 9.50 Å². The van der Waals surface area contributed by atoms with Crippen molar-refractivity contribution in [2.75, 3.05) is 0 Å². The molecule has 1 aromatic rings. The van der Waals surface area contributed by atoms with Gasteiger partial charge in [0.25, 0.3) is 0 Å². The van der Waals surface area contributed by atoms with Gasteiger partial charge >= 0.3 is 0 Å². The smallest absolute Gasteiger partial charge is 0.165 e. The largest absolute Gasteiger partial charge is 0.505 e. The van der Waals surface area contributed by atoms with E-state index in [1.807, 2.05) is 0 Å². The Hall–Kier alpha value is -1.09. The van der Waals surface area contributed by atoms with Crippen LogP contribution in [0.3, 0.4) is 0 Å². The topological polar surface area (TPSA) is 46.2 Å². The predicted molar refractivity (Wildman–Crippen MR) is 47.9 cm³/mol. The first kappa shape index (κ1) is 8.51. The fourth-order valence-corrected chi connectivity index (χ4v) is 1.42. The first-order valence-corrected chi connectivity index (χ1v) is 4.36. The Balaban J connectivity index is 2.25. The summed E-state index contributed by atoms with van der Waals surface area (Å²) in [6.45, 7) is 0. The van der Waals surface area contributed by atoms with Gasteiger partial charge in [0.15, 0.2) is 11.6 Å². The Bertz CT molecular complexity index is 334. The number of hydrogen-bond acceptors (Lipinski definition) is 2. The fraction of sp³-hybridized carbons (Fsp3) is 0.400. The monoisotopic (exact) mass is 181 g/mol. The number of nitrogens with two attached hydrogens (primary N) is 1. The number of aromatic hydroxyl groups is 1. The van der Waals surface area contributed by atoms with Gasteiger partial charge in [-0.2, -0.15) is 0 Å².